The van der Waals surface area contributed by atoms with Crippen LogP contribution in [0.2, 0.25) is 0 Å². The molecule has 1 saturated carbocycles. The standard InChI is InChI=1S/C15H16F3N3O2/c16-15(17,18)23-12-6-2-1-5-11(12)20-9-13(22)21-14(10-19)7-3-4-8-14/h1-2,5-6,20H,3-4,7-9H2,(H,21,22). The fourth-order valence-electron chi connectivity index (χ4n) is 2.56. The van der Waals surface area contributed by atoms with Crippen LogP contribution < -0.4 is 15.4 Å². The Hall–Kier alpha value is -2.43. The molecule has 1 aromatic rings. The molecule has 0 bridgehead atoms. The van der Waals surface area contributed by atoms with Gasteiger partial charge in [-0.3, -0.25) is 4.79 Å². The van der Waals surface area contributed by atoms with E-state index in [1.54, 1.807) is 0 Å². The Morgan fingerprint density at radius 2 is 1.96 bits per heavy atom. The SMILES string of the molecule is N#CC1(NC(=O)CNc2ccccc2OC(F)(F)F)CCCC1. The summed E-state index contributed by atoms with van der Waals surface area (Å²) in [6, 6.07) is 7.57. The van der Waals surface area contributed by atoms with Gasteiger partial charge in [0.2, 0.25) is 5.91 Å². The monoisotopic (exact) mass is 327 g/mol. The van der Waals surface area contributed by atoms with E-state index < -0.39 is 23.6 Å². The van der Waals surface area contributed by atoms with Crippen LogP contribution in [0.4, 0.5) is 18.9 Å². The first kappa shape index (κ1) is 16.9. The highest BCUT2D eigenvalue weighted by Crippen LogP contribution is 2.30. The zero-order chi connectivity index (χ0) is 16.9. The van der Waals surface area contributed by atoms with Crippen molar-refractivity contribution in [1.29, 1.82) is 5.26 Å². The zero-order valence-electron chi connectivity index (χ0n) is 12.2. The summed E-state index contributed by atoms with van der Waals surface area (Å²) in [6.45, 7) is -0.248. The van der Waals surface area contributed by atoms with Crippen molar-refractivity contribution in [2.75, 3.05) is 11.9 Å². The van der Waals surface area contributed by atoms with Crippen molar-refractivity contribution >= 4 is 11.6 Å². The Labute approximate surface area is 131 Å². The number of nitrogens with one attached hydrogen (secondary N) is 2. The number of nitriles is 1. The summed E-state index contributed by atoms with van der Waals surface area (Å²) < 4.78 is 40.9. The van der Waals surface area contributed by atoms with Crippen molar-refractivity contribution in [2.24, 2.45) is 0 Å². The minimum Gasteiger partial charge on any atom is -0.404 e. The third kappa shape index (κ3) is 4.77. The zero-order valence-corrected chi connectivity index (χ0v) is 12.2. The molecule has 0 atom stereocenters. The average Bonchev–Trinajstić information content (AvgIpc) is 2.94. The van der Waals surface area contributed by atoms with Gasteiger partial charge in [0.25, 0.3) is 0 Å². The quantitative estimate of drug-likeness (QED) is 0.872. The molecule has 8 heteroatoms. The summed E-state index contributed by atoms with van der Waals surface area (Å²) in [4.78, 5) is 11.9. The summed E-state index contributed by atoms with van der Waals surface area (Å²) in [5.41, 5.74) is -0.807. The van der Waals surface area contributed by atoms with Crippen molar-refractivity contribution < 1.29 is 22.7 Å². The van der Waals surface area contributed by atoms with E-state index in [0.29, 0.717) is 12.8 Å². The number of carbonyl (C=O) groups is 1. The molecule has 124 valence electrons. The second kappa shape index (κ2) is 6.77. The van der Waals surface area contributed by atoms with Gasteiger partial charge in [0.15, 0.2) is 5.75 Å². The molecule has 0 saturated heterocycles. The van der Waals surface area contributed by atoms with Gasteiger partial charge < -0.3 is 15.4 Å². The smallest absolute Gasteiger partial charge is 0.404 e. The molecule has 5 nitrogen and oxygen atoms in total. The molecule has 0 spiro atoms. The molecular formula is C15H16F3N3O2. The lowest BCUT2D eigenvalue weighted by Gasteiger charge is -2.22. The van der Waals surface area contributed by atoms with E-state index >= 15 is 0 Å². The number of hydrogen-bond acceptors (Lipinski definition) is 4. The Kier molecular flexibility index (Phi) is 4.98. The Bertz CT molecular complexity index is 605. The fraction of sp³-hybridized carbons (Fsp3) is 0.467. The summed E-state index contributed by atoms with van der Waals surface area (Å²) >= 11 is 0. The third-order valence-electron chi connectivity index (χ3n) is 3.60. The molecular weight excluding hydrogens is 311 g/mol. The van der Waals surface area contributed by atoms with Crippen LogP contribution in [0.1, 0.15) is 25.7 Å². The molecule has 1 aliphatic carbocycles. The van der Waals surface area contributed by atoms with Crippen LogP contribution in [-0.4, -0.2) is 24.4 Å². The maximum atomic E-state index is 12.3. The van der Waals surface area contributed by atoms with Crippen LogP contribution in [0.15, 0.2) is 24.3 Å². The highest BCUT2D eigenvalue weighted by atomic mass is 19.4. The predicted octanol–water partition coefficient (Wildman–Crippen LogP) is 2.95. The number of benzene rings is 1. The normalized spacial score (nSPS) is 16.4. The van der Waals surface area contributed by atoms with Crippen molar-refractivity contribution in [2.45, 2.75) is 37.6 Å². The van der Waals surface area contributed by atoms with Gasteiger partial charge >= 0.3 is 6.36 Å². The summed E-state index contributed by atoms with van der Waals surface area (Å²) in [6.07, 6.45) is -1.91. The van der Waals surface area contributed by atoms with Crippen LogP contribution in [0, 0.1) is 11.3 Å². The number of halogens is 3. The number of rotatable bonds is 5. The van der Waals surface area contributed by atoms with E-state index in [4.69, 9.17) is 0 Å². The predicted molar refractivity (Wildman–Crippen MR) is 76.6 cm³/mol. The van der Waals surface area contributed by atoms with Gasteiger partial charge in [-0.2, -0.15) is 5.26 Å². The molecule has 2 N–H and O–H groups in total. The Balaban J connectivity index is 1.96. The van der Waals surface area contributed by atoms with Crippen molar-refractivity contribution in [3.63, 3.8) is 0 Å². The molecule has 2 rings (SSSR count). The summed E-state index contributed by atoms with van der Waals surface area (Å²) in [7, 11) is 0. The van der Waals surface area contributed by atoms with Gasteiger partial charge in [0.05, 0.1) is 18.3 Å². The lowest BCUT2D eigenvalue weighted by Crippen LogP contribution is -2.47. The molecule has 1 amide bonds. The fourth-order valence-corrected chi connectivity index (χ4v) is 2.56. The van der Waals surface area contributed by atoms with Crippen molar-refractivity contribution in [3.05, 3.63) is 24.3 Å². The molecule has 0 aliphatic heterocycles. The van der Waals surface area contributed by atoms with Gasteiger partial charge in [-0.15, -0.1) is 13.2 Å². The molecule has 0 aromatic heterocycles. The maximum absolute atomic E-state index is 12.3. The van der Waals surface area contributed by atoms with Crippen LogP contribution in [0.5, 0.6) is 5.75 Å². The number of amides is 1. The van der Waals surface area contributed by atoms with Gasteiger partial charge in [-0.1, -0.05) is 12.1 Å². The first-order valence-electron chi connectivity index (χ1n) is 7.14. The van der Waals surface area contributed by atoms with Gasteiger partial charge in [-0.05, 0) is 37.8 Å². The number of carbonyl (C=O) groups excluding carboxylic acids is 1. The minimum atomic E-state index is -4.81. The van der Waals surface area contributed by atoms with E-state index in [1.165, 1.54) is 18.2 Å². The lowest BCUT2D eigenvalue weighted by molar-refractivity contribution is -0.274. The van der Waals surface area contributed by atoms with E-state index in [1.807, 2.05) is 0 Å². The lowest BCUT2D eigenvalue weighted by atomic mass is 10.00. The molecule has 1 aliphatic rings. The van der Waals surface area contributed by atoms with E-state index in [0.717, 1.165) is 18.9 Å². The second-order valence-electron chi connectivity index (χ2n) is 5.35. The van der Waals surface area contributed by atoms with Gasteiger partial charge in [-0.25, -0.2) is 0 Å². The molecule has 0 heterocycles. The van der Waals surface area contributed by atoms with Gasteiger partial charge in [0, 0.05) is 0 Å². The van der Waals surface area contributed by atoms with E-state index in [-0.39, 0.29) is 12.2 Å². The minimum absolute atomic E-state index is 0.0532. The van der Waals surface area contributed by atoms with Crippen molar-refractivity contribution in [1.82, 2.24) is 5.32 Å². The van der Waals surface area contributed by atoms with Crippen LogP contribution >= 0.6 is 0 Å². The molecule has 0 radical (unpaired) electrons. The third-order valence-corrected chi connectivity index (χ3v) is 3.60. The first-order valence-corrected chi connectivity index (χ1v) is 7.14. The number of hydrogen-bond donors (Lipinski definition) is 2. The number of ether oxygens (including phenoxy) is 1. The number of anilines is 1. The van der Waals surface area contributed by atoms with E-state index in [2.05, 4.69) is 21.4 Å². The van der Waals surface area contributed by atoms with Crippen LogP contribution in [0.3, 0.4) is 0 Å². The Morgan fingerprint density at radius 1 is 1.30 bits per heavy atom. The summed E-state index contributed by atoms with van der Waals surface area (Å²) in [5, 5.41) is 14.5. The summed E-state index contributed by atoms with van der Waals surface area (Å²) in [5.74, 6) is -0.862. The highest BCUT2D eigenvalue weighted by molar-refractivity contribution is 5.82. The largest absolute Gasteiger partial charge is 0.573 e. The molecule has 1 fully saturated rings. The van der Waals surface area contributed by atoms with E-state index in [9.17, 15) is 23.2 Å². The molecule has 0 unspecified atom stereocenters. The van der Waals surface area contributed by atoms with Crippen molar-refractivity contribution in [3.8, 4) is 11.8 Å². The first-order chi connectivity index (χ1) is 10.8. The highest BCUT2D eigenvalue weighted by Gasteiger charge is 2.35. The van der Waals surface area contributed by atoms with Crippen LogP contribution in [0.25, 0.3) is 0 Å². The van der Waals surface area contributed by atoms with Crippen LogP contribution in [-0.2, 0) is 4.79 Å². The second-order valence-corrected chi connectivity index (χ2v) is 5.35. The number of nitrogens with zero attached hydrogens (tertiary/aromatic N) is 1. The number of para-hydroxylation sites is 2. The molecule has 1 aromatic carbocycles. The van der Waals surface area contributed by atoms with Gasteiger partial charge in [0.1, 0.15) is 5.54 Å². The number of alkyl halides is 3. The average molecular weight is 327 g/mol. The maximum Gasteiger partial charge on any atom is 0.573 e. The molecule has 23 heavy (non-hydrogen) atoms. The Morgan fingerprint density at radius 3 is 2.57 bits per heavy atom. The topological polar surface area (TPSA) is 74.2 Å².